The Balaban J connectivity index is 0.989. The SMILES string of the molecule is CC(CCCCN1CC2CCC(C1)C2OC(C)(C)C)OC1C2CCC1CN(C1COC1)C2. The van der Waals surface area contributed by atoms with E-state index >= 15 is 0 Å². The van der Waals surface area contributed by atoms with Crippen LogP contribution in [0, 0.1) is 23.7 Å². The Hall–Kier alpha value is -0.200. The Labute approximate surface area is 196 Å². The highest BCUT2D eigenvalue weighted by atomic mass is 16.5. The smallest absolute Gasteiger partial charge is 0.0662 e. The normalized spacial score (nSPS) is 39.4. The average Bonchev–Trinajstić information content (AvgIpc) is 3.04. The summed E-state index contributed by atoms with van der Waals surface area (Å²) in [5.41, 5.74) is -0.00841. The number of likely N-dealkylation sites (tertiary alicyclic amines) is 2. The van der Waals surface area contributed by atoms with Crippen LogP contribution in [-0.2, 0) is 14.2 Å². The lowest BCUT2D eigenvalue weighted by Crippen LogP contribution is -2.56. The predicted octanol–water partition coefficient (Wildman–Crippen LogP) is 4.20. The third-order valence-electron chi connectivity index (χ3n) is 8.95. The zero-order chi connectivity index (χ0) is 22.3. The molecule has 0 spiro atoms. The Kier molecular flexibility index (Phi) is 7.22. The first-order valence-corrected chi connectivity index (χ1v) is 13.7. The van der Waals surface area contributed by atoms with Gasteiger partial charge in [-0.3, -0.25) is 4.90 Å². The first-order valence-electron chi connectivity index (χ1n) is 13.7. The molecule has 5 unspecified atom stereocenters. The molecule has 0 N–H and O–H groups in total. The van der Waals surface area contributed by atoms with Crippen molar-refractivity contribution in [2.75, 3.05) is 45.9 Å². The molecule has 2 saturated carbocycles. The topological polar surface area (TPSA) is 34.2 Å². The molecule has 3 saturated heterocycles. The van der Waals surface area contributed by atoms with Crippen LogP contribution in [0.4, 0.5) is 0 Å². The van der Waals surface area contributed by atoms with Crippen molar-refractivity contribution < 1.29 is 14.2 Å². The number of rotatable bonds is 9. The van der Waals surface area contributed by atoms with Crippen LogP contribution in [0.25, 0.3) is 0 Å². The van der Waals surface area contributed by atoms with Crippen molar-refractivity contribution in [1.82, 2.24) is 9.80 Å². The van der Waals surface area contributed by atoms with E-state index < -0.39 is 0 Å². The molecule has 5 heteroatoms. The number of piperidine rings is 2. The summed E-state index contributed by atoms with van der Waals surface area (Å²) in [6.07, 6.45) is 10.7. The molecule has 0 radical (unpaired) electrons. The first kappa shape index (κ1) is 23.5. The Morgan fingerprint density at radius 1 is 0.844 bits per heavy atom. The lowest BCUT2D eigenvalue weighted by molar-refractivity contribution is -0.122. The van der Waals surface area contributed by atoms with E-state index in [2.05, 4.69) is 37.5 Å². The van der Waals surface area contributed by atoms with Crippen molar-refractivity contribution in [3.63, 3.8) is 0 Å². The largest absolute Gasteiger partial charge is 0.378 e. The van der Waals surface area contributed by atoms with Gasteiger partial charge in [-0.15, -0.1) is 0 Å². The molecule has 5 atom stereocenters. The van der Waals surface area contributed by atoms with Gasteiger partial charge in [0.15, 0.2) is 0 Å². The van der Waals surface area contributed by atoms with Crippen LogP contribution >= 0.6 is 0 Å². The van der Waals surface area contributed by atoms with Gasteiger partial charge in [0, 0.05) is 26.2 Å². The number of hydrogen-bond acceptors (Lipinski definition) is 5. The number of nitrogens with zero attached hydrogens (tertiary/aromatic N) is 2. The fourth-order valence-corrected chi connectivity index (χ4v) is 7.32. The summed E-state index contributed by atoms with van der Waals surface area (Å²) in [5.74, 6) is 3.01. The second kappa shape index (κ2) is 9.81. The molecule has 0 aromatic heterocycles. The second-order valence-corrected chi connectivity index (χ2v) is 12.7. The van der Waals surface area contributed by atoms with E-state index in [0.29, 0.717) is 24.4 Å². The fraction of sp³-hybridized carbons (Fsp3) is 1.00. The highest BCUT2D eigenvalue weighted by molar-refractivity contribution is 4.97. The zero-order valence-electron chi connectivity index (χ0n) is 21.1. The molecule has 2 aliphatic carbocycles. The van der Waals surface area contributed by atoms with Gasteiger partial charge in [-0.05, 0) is 103 Å². The molecule has 0 aromatic carbocycles. The predicted molar refractivity (Wildman–Crippen MR) is 128 cm³/mol. The minimum absolute atomic E-state index is 0.00841. The van der Waals surface area contributed by atoms with Gasteiger partial charge in [-0.2, -0.15) is 0 Å². The summed E-state index contributed by atoms with van der Waals surface area (Å²) >= 11 is 0. The molecule has 5 rings (SSSR count). The first-order chi connectivity index (χ1) is 15.4. The van der Waals surface area contributed by atoms with Gasteiger partial charge in [-0.1, -0.05) is 0 Å². The molecule has 3 heterocycles. The van der Waals surface area contributed by atoms with E-state index in [-0.39, 0.29) is 5.60 Å². The van der Waals surface area contributed by atoms with Crippen molar-refractivity contribution in [1.29, 1.82) is 0 Å². The van der Waals surface area contributed by atoms with Gasteiger partial charge in [0.25, 0.3) is 0 Å². The molecule has 184 valence electrons. The summed E-state index contributed by atoms with van der Waals surface area (Å²) in [5, 5.41) is 0. The van der Waals surface area contributed by atoms with Crippen molar-refractivity contribution in [2.45, 2.75) is 103 Å². The molecular formula is C27H48N2O3. The maximum atomic E-state index is 6.67. The van der Waals surface area contributed by atoms with Crippen LogP contribution in [0.5, 0.6) is 0 Å². The molecule has 0 aromatic rings. The average molecular weight is 449 g/mol. The van der Waals surface area contributed by atoms with Crippen LogP contribution in [0.2, 0.25) is 0 Å². The molecular weight excluding hydrogens is 400 g/mol. The van der Waals surface area contributed by atoms with Crippen LogP contribution in [0.15, 0.2) is 0 Å². The number of hydrogen-bond donors (Lipinski definition) is 0. The Morgan fingerprint density at radius 3 is 1.97 bits per heavy atom. The molecule has 5 fully saturated rings. The molecule has 5 aliphatic rings. The number of ether oxygens (including phenoxy) is 3. The van der Waals surface area contributed by atoms with Crippen LogP contribution in [-0.4, -0.2) is 85.7 Å². The number of fused-ring (bicyclic) bond motifs is 4. The quantitative estimate of drug-likeness (QED) is 0.494. The molecule has 32 heavy (non-hydrogen) atoms. The molecule has 3 aliphatic heterocycles. The lowest BCUT2D eigenvalue weighted by Gasteiger charge is -2.45. The second-order valence-electron chi connectivity index (χ2n) is 12.7. The van der Waals surface area contributed by atoms with Gasteiger partial charge in [0.2, 0.25) is 0 Å². The van der Waals surface area contributed by atoms with E-state index in [0.717, 1.165) is 36.9 Å². The lowest BCUT2D eigenvalue weighted by atomic mass is 9.92. The summed E-state index contributed by atoms with van der Waals surface area (Å²) in [6.45, 7) is 17.1. The maximum absolute atomic E-state index is 6.67. The summed E-state index contributed by atoms with van der Waals surface area (Å²) in [4.78, 5) is 5.43. The van der Waals surface area contributed by atoms with Crippen molar-refractivity contribution in [2.24, 2.45) is 23.7 Å². The van der Waals surface area contributed by atoms with E-state index in [4.69, 9.17) is 14.2 Å². The van der Waals surface area contributed by atoms with Crippen LogP contribution in [0.1, 0.15) is 72.6 Å². The molecule has 0 amide bonds. The number of unbranched alkanes of at least 4 members (excludes halogenated alkanes) is 1. The van der Waals surface area contributed by atoms with Crippen molar-refractivity contribution in [3.8, 4) is 0 Å². The minimum atomic E-state index is -0.00841. The standard InChI is InChI=1S/C27H48N2O3/c1-19(31-25-22-10-11-23(25)16-29(15-22)24-17-30-18-24)7-5-6-12-28-13-20-8-9-21(14-28)26(20)32-27(2,3)4/h19-26H,5-18H2,1-4H3. The van der Waals surface area contributed by atoms with Gasteiger partial charge in [-0.25, -0.2) is 0 Å². The van der Waals surface area contributed by atoms with Gasteiger partial charge >= 0.3 is 0 Å². The third-order valence-corrected chi connectivity index (χ3v) is 8.95. The van der Waals surface area contributed by atoms with Gasteiger partial charge in [0.05, 0.1) is 43.2 Å². The maximum Gasteiger partial charge on any atom is 0.0662 e. The van der Waals surface area contributed by atoms with Gasteiger partial charge < -0.3 is 19.1 Å². The van der Waals surface area contributed by atoms with E-state index in [1.807, 2.05) is 0 Å². The van der Waals surface area contributed by atoms with Crippen molar-refractivity contribution >= 4 is 0 Å². The highest BCUT2D eigenvalue weighted by Gasteiger charge is 2.46. The summed E-state index contributed by atoms with van der Waals surface area (Å²) in [6, 6.07) is 0.691. The zero-order valence-corrected chi connectivity index (χ0v) is 21.1. The van der Waals surface area contributed by atoms with Crippen LogP contribution < -0.4 is 0 Å². The minimum Gasteiger partial charge on any atom is -0.378 e. The Bertz CT molecular complexity index is 591. The molecule has 4 bridgehead atoms. The van der Waals surface area contributed by atoms with Crippen molar-refractivity contribution in [3.05, 3.63) is 0 Å². The van der Waals surface area contributed by atoms with E-state index in [1.54, 1.807) is 0 Å². The Morgan fingerprint density at radius 2 is 1.44 bits per heavy atom. The fourth-order valence-electron chi connectivity index (χ4n) is 7.32. The highest BCUT2D eigenvalue weighted by Crippen LogP contribution is 2.42. The third kappa shape index (κ3) is 5.38. The summed E-state index contributed by atoms with van der Waals surface area (Å²) < 4.78 is 18.5. The summed E-state index contributed by atoms with van der Waals surface area (Å²) in [7, 11) is 0. The molecule has 5 nitrogen and oxygen atoms in total. The van der Waals surface area contributed by atoms with E-state index in [1.165, 1.54) is 77.7 Å². The van der Waals surface area contributed by atoms with Gasteiger partial charge in [0.1, 0.15) is 0 Å². The monoisotopic (exact) mass is 448 g/mol. The van der Waals surface area contributed by atoms with Crippen LogP contribution in [0.3, 0.4) is 0 Å². The van der Waals surface area contributed by atoms with E-state index in [9.17, 15) is 0 Å².